The molecule has 0 fully saturated rings. The SMILES string of the molecule is COc1ccccc1Nc1nc(C(=O)[O-])cs1. The number of hydrogen-bond acceptors (Lipinski definition) is 6. The Balaban J connectivity index is 2.22. The third kappa shape index (κ3) is 2.54. The summed E-state index contributed by atoms with van der Waals surface area (Å²) in [6.45, 7) is 0. The third-order valence-corrected chi connectivity index (χ3v) is 2.82. The van der Waals surface area contributed by atoms with E-state index in [1.54, 1.807) is 13.2 Å². The molecule has 0 radical (unpaired) electrons. The largest absolute Gasteiger partial charge is 0.543 e. The zero-order valence-electron chi connectivity index (χ0n) is 8.97. The van der Waals surface area contributed by atoms with Crippen molar-refractivity contribution in [3.05, 3.63) is 35.3 Å². The molecule has 0 saturated carbocycles. The van der Waals surface area contributed by atoms with Gasteiger partial charge in [-0.2, -0.15) is 0 Å². The number of aromatic carboxylic acids is 1. The van der Waals surface area contributed by atoms with E-state index in [2.05, 4.69) is 10.3 Å². The van der Waals surface area contributed by atoms with Crippen LogP contribution in [0.15, 0.2) is 29.6 Å². The standard InChI is InChI=1S/C11H10N2O3S/c1-16-9-5-3-2-4-7(9)12-11-13-8(6-17-11)10(14)15/h2-6H,1H3,(H,12,13)(H,14,15)/p-1. The van der Waals surface area contributed by atoms with Gasteiger partial charge in [0.25, 0.3) is 0 Å². The molecule has 0 aliphatic heterocycles. The topological polar surface area (TPSA) is 74.3 Å². The number of thiazole rings is 1. The van der Waals surface area contributed by atoms with Crippen molar-refractivity contribution in [1.82, 2.24) is 4.98 Å². The number of para-hydroxylation sites is 2. The molecule has 2 aromatic rings. The highest BCUT2D eigenvalue weighted by Gasteiger charge is 2.06. The lowest BCUT2D eigenvalue weighted by Gasteiger charge is -2.07. The number of methoxy groups -OCH3 is 1. The van der Waals surface area contributed by atoms with Gasteiger partial charge in [0, 0.05) is 5.38 Å². The van der Waals surface area contributed by atoms with Gasteiger partial charge in [0.05, 0.1) is 24.5 Å². The summed E-state index contributed by atoms with van der Waals surface area (Å²) in [6, 6.07) is 7.31. The fraction of sp³-hybridized carbons (Fsp3) is 0.0909. The molecule has 0 aliphatic rings. The Hall–Kier alpha value is -2.08. The normalized spacial score (nSPS) is 9.94. The summed E-state index contributed by atoms with van der Waals surface area (Å²) in [6.07, 6.45) is 0. The van der Waals surface area contributed by atoms with E-state index >= 15 is 0 Å². The van der Waals surface area contributed by atoms with Crippen LogP contribution in [0.3, 0.4) is 0 Å². The number of anilines is 2. The van der Waals surface area contributed by atoms with Gasteiger partial charge in [-0.05, 0) is 12.1 Å². The van der Waals surface area contributed by atoms with Gasteiger partial charge in [-0.25, -0.2) is 4.98 Å². The average molecular weight is 249 g/mol. The smallest absolute Gasteiger partial charge is 0.187 e. The minimum Gasteiger partial charge on any atom is -0.543 e. The van der Waals surface area contributed by atoms with E-state index in [0.29, 0.717) is 10.9 Å². The van der Waals surface area contributed by atoms with E-state index in [4.69, 9.17) is 4.74 Å². The lowest BCUT2D eigenvalue weighted by Crippen LogP contribution is -2.22. The van der Waals surface area contributed by atoms with Crippen molar-refractivity contribution in [2.45, 2.75) is 0 Å². The Morgan fingerprint density at radius 1 is 1.47 bits per heavy atom. The molecule has 1 aromatic heterocycles. The number of ether oxygens (including phenoxy) is 1. The molecule has 0 unspecified atom stereocenters. The second-order valence-corrected chi connectivity index (χ2v) is 4.01. The van der Waals surface area contributed by atoms with Gasteiger partial charge in [0.1, 0.15) is 5.75 Å². The molecule has 1 N–H and O–H groups in total. The summed E-state index contributed by atoms with van der Waals surface area (Å²) in [7, 11) is 1.56. The molecule has 0 aliphatic carbocycles. The molecule has 0 amide bonds. The second kappa shape index (κ2) is 4.84. The van der Waals surface area contributed by atoms with Crippen LogP contribution >= 0.6 is 11.3 Å². The van der Waals surface area contributed by atoms with Crippen LogP contribution in [0, 0.1) is 0 Å². The van der Waals surface area contributed by atoms with Crippen LogP contribution in [0.5, 0.6) is 5.75 Å². The number of carboxylic acids is 1. The van der Waals surface area contributed by atoms with Gasteiger partial charge < -0.3 is 20.0 Å². The maximum atomic E-state index is 10.6. The Kier molecular flexibility index (Phi) is 3.24. The minimum atomic E-state index is -1.28. The highest BCUT2D eigenvalue weighted by atomic mass is 32.1. The summed E-state index contributed by atoms with van der Waals surface area (Å²) < 4.78 is 5.16. The number of carbonyl (C=O) groups is 1. The number of carboxylic acid groups (broad SMARTS) is 1. The highest BCUT2D eigenvalue weighted by Crippen LogP contribution is 2.28. The van der Waals surface area contributed by atoms with E-state index in [9.17, 15) is 9.90 Å². The van der Waals surface area contributed by atoms with Crippen molar-refractivity contribution in [3.8, 4) is 5.75 Å². The molecule has 0 bridgehead atoms. The first-order chi connectivity index (χ1) is 8.20. The summed E-state index contributed by atoms with van der Waals surface area (Å²) in [5, 5.41) is 15.5. The Labute approximate surface area is 102 Å². The monoisotopic (exact) mass is 249 g/mol. The molecule has 17 heavy (non-hydrogen) atoms. The van der Waals surface area contributed by atoms with E-state index in [1.165, 1.54) is 16.7 Å². The lowest BCUT2D eigenvalue weighted by molar-refractivity contribution is -0.255. The van der Waals surface area contributed by atoms with Crippen molar-refractivity contribution < 1.29 is 14.6 Å². The first kappa shape index (κ1) is 11.4. The number of benzene rings is 1. The number of hydrogen-bond donors (Lipinski definition) is 1. The predicted molar refractivity (Wildman–Crippen MR) is 62.7 cm³/mol. The van der Waals surface area contributed by atoms with Crippen LogP contribution in [-0.2, 0) is 0 Å². The highest BCUT2D eigenvalue weighted by molar-refractivity contribution is 7.14. The number of rotatable bonds is 4. The molecular formula is C11H9N2O3S-. The summed E-state index contributed by atoms with van der Waals surface area (Å²) >= 11 is 1.19. The fourth-order valence-corrected chi connectivity index (χ4v) is 1.98. The van der Waals surface area contributed by atoms with Gasteiger partial charge in [-0.15, -0.1) is 11.3 Å². The van der Waals surface area contributed by atoms with E-state index in [0.717, 1.165) is 5.69 Å². The van der Waals surface area contributed by atoms with Crippen LogP contribution in [0.25, 0.3) is 0 Å². The average Bonchev–Trinajstić information content (AvgIpc) is 2.78. The zero-order chi connectivity index (χ0) is 12.3. The molecule has 5 nitrogen and oxygen atoms in total. The molecule has 0 spiro atoms. The van der Waals surface area contributed by atoms with Crippen LogP contribution in [-0.4, -0.2) is 18.1 Å². The number of nitrogens with one attached hydrogen (secondary N) is 1. The lowest BCUT2D eigenvalue weighted by atomic mass is 10.3. The molecule has 0 saturated heterocycles. The van der Waals surface area contributed by atoms with Gasteiger partial charge in [-0.1, -0.05) is 12.1 Å². The summed E-state index contributed by atoms with van der Waals surface area (Å²) in [4.78, 5) is 14.4. The Morgan fingerprint density at radius 3 is 2.88 bits per heavy atom. The van der Waals surface area contributed by atoms with Crippen LogP contribution in [0.2, 0.25) is 0 Å². The van der Waals surface area contributed by atoms with E-state index in [1.807, 2.05) is 18.2 Å². The molecule has 6 heteroatoms. The van der Waals surface area contributed by atoms with Crippen molar-refractivity contribution in [3.63, 3.8) is 0 Å². The molecule has 0 atom stereocenters. The van der Waals surface area contributed by atoms with E-state index in [-0.39, 0.29) is 5.69 Å². The van der Waals surface area contributed by atoms with Crippen molar-refractivity contribution in [1.29, 1.82) is 0 Å². The fourth-order valence-electron chi connectivity index (χ4n) is 1.29. The number of carbonyl (C=O) groups excluding carboxylic acids is 1. The third-order valence-electron chi connectivity index (χ3n) is 2.06. The number of aromatic nitrogens is 1. The molecule has 88 valence electrons. The summed E-state index contributed by atoms with van der Waals surface area (Å²) in [5.41, 5.74) is 0.654. The van der Waals surface area contributed by atoms with Crippen molar-refractivity contribution in [2.75, 3.05) is 12.4 Å². The number of nitrogens with zero attached hydrogens (tertiary/aromatic N) is 1. The predicted octanol–water partition coefficient (Wildman–Crippen LogP) is 1.26. The quantitative estimate of drug-likeness (QED) is 0.883. The maximum absolute atomic E-state index is 10.6. The van der Waals surface area contributed by atoms with Crippen LogP contribution in [0.4, 0.5) is 10.8 Å². The van der Waals surface area contributed by atoms with Gasteiger partial charge in [-0.3, -0.25) is 0 Å². The first-order valence-electron chi connectivity index (χ1n) is 4.77. The van der Waals surface area contributed by atoms with Gasteiger partial charge in [0.15, 0.2) is 5.13 Å². The van der Waals surface area contributed by atoms with Crippen molar-refractivity contribution >= 4 is 28.1 Å². The van der Waals surface area contributed by atoms with E-state index < -0.39 is 5.97 Å². The minimum absolute atomic E-state index is 0.0765. The van der Waals surface area contributed by atoms with Gasteiger partial charge >= 0.3 is 0 Å². The van der Waals surface area contributed by atoms with Crippen molar-refractivity contribution in [2.24, 2.45) is 0 Å². The maximum Gasteiger partial charge on any atom is 0.187 e. The first-order valence-corrected chi connectivity index (χ1v) is 5.65. The molecule has 2 rings (SSSR count). The molecule has 1 heterocycles. The molecular weight excluding hydrogens is 240 g/mol. The Morgan fingerprint density at radius 2 is 2.24 bits per heavy atom. The second-order valence-electron chi connectivity index (χ2n) is 3.15. The summed E-state index contributed by atoms with van der Waals surface area (Å²) in [5.74, 6) is -0.618. The molecule has 1 aromatic carbocycles. The van der Waals surface area contributed by atoms with Crippen LogP contribution < -0.4 is 15.2 Å². The zero-order valence-corrected chi connectivity index (χ0v) is 9.78. The van der Waals surface area contributed by atoms with Crippen LogP contribution in [0.1, 0.15) is 10.5 Å². The van der Waals surface area contributed by atoms with Gasteiger partial charge in [0.2, 0.25) is 0 Å². The Bertz CT molecular complexity index is 539.